The zero-order valence-electron chi connectivity index (χ0n) is 47.8. The number of anilines is 2. The lowest BCUT2D eigenvalue weighted by Gasteiger charge is -2.29. The number of nitrogens with zero attached hydrogens (tertiary/aromatic N) is 12. The zero-order valence-corrected chi connectivity index (χ0v) is 48.6. The predicted octanol–water partition coefficient (Wildman–Crippen LogP) is 6.91. The first-order valence-corrected chi connectivity index (χ1v) is 29.9. The second kappa shape index (κ2) is 32.8. The van der Waals surface area contributed by atoms with Crippen LogP contribution in [0.4, 0.5) is 16.2 Å². The molecule has 2 saturated heterocycles. The maximum atomic E-state index is 12.8. The van der Waals surface area contributed by atoms with Gasteiger partial charge < -0.3 is 31.9 Å². The Balaban J connectivity index is 0.000000217. The smallest absolute Gasteiger partial charge is 0.315 e. The van der Waals surface area contributed by atoms with Crippen molar-refractivity contribution in [2.75, 3.05) is 43.0 Å². The van der Waals surface area contributed by atoms with Crippen LogP contribution in [-0.4, -0.2) is 143 Å². The van der Waals surface area contributed by atoms with Gasteiger partial charge in [0.05, 0.1) is 69.8 Å². The molecule has 10 rings (SSSR count). The average Bonchev–Trinajstić information content (AvgIpc) is 3.75. The first-order chi connectivity index (χ1) is 41.6. The molecule has 2 fully saturated rings. The number of nitrogen functional groups attached to an aromatic ring is 1. The van der Waals surface area contributed by atoms with Gasteiger partial charge in [0.2, 0.25) is 5.91 Å². The standard InChI is InChI=1S/C37H45N9O3S.C27H31N7O/c47-32(24-45(20-28-9-3-6-15-38-28)21-29-10-4-7-16-39-29)25-46(22-30-11-5-8-17-40-30)23-31-19-27(14-18-41-31)42-35(48)13-2-1-12-34-36-33(26-50-34)43-37(49)44-36;28-22-10-14-32-26(15-22)19-34(18-25-9-3-6-13-31-25)21-27(35)20-33(16-23-7-1-4-11-29-23)17-24-8-2-5-12-30-24/h3-11,14-19,32-34,36,47H,1-2,12-13,20-26H2,(H,41,42,48)(H2,43,44,49);1-15,27,35H,16-21H2,(H2,28,32)/t32?,33-,34?,36-;/m0./s1. The average molecular weight is 1170 g/mol. The Labute approximate surface area is 501 Å². The van der Waals surface area contributed by atoms with E-state index in [9.17, 15) is 19.8 Å². The second-order valence-corrected chi connectivity index (χ2v) is 22.7. The SMILES string of the molecule is Nc1ccnc(CN(Cc2ccccn2)CC(O)CN(Cc2ccccn2)Cc2ccccn2)c1.O=C(CCCCC1SC[C@@H]2NC(=O)N[C@H]12)Nc1ccnc(CN(Cc2ccccn2)CC(O)CN(Cc2ccccn2)Cc2ccccn2)c1. The highest BCUT2D eigenvalue weighted by Gasteiger charge is 2.42. The molecule has 5 atom stereocenters. The van der Waals surface area contributed by atoms with E-state index in [0.717, 1.165) is 70.6 Å². The molecule has 0 bridgehead atoms. The van der Waals surface area contributed by atoms with Crippen LogP contribution in [0.15, 0.2) is 183 Å². The number of amides is 3. The molecule has 3 amide bonds. The summed E-state index contributed by atoms with van der Waals surface area (Å²) >= 11 is 1.90. The van der Waals surface area contributed by atoms with Gasteiger partial charge in [0.15, 0.2) is 0 Å². The molecule has 85 heavy (non-hydrogen) atoms. The lowest BCUT2D eigenvalue weighted by Crippen LogP contribution is -2.40. The molecule has 3 unspecified atom stereocenters. The fourth-order valence-corrected chi connectivity index (χ4v) is 12.1. The molecular weight excluding hydrogens is 1090 g/mol. The number of carbonyl (C=O) groups excluding carboxylic acids is 2. The molecule has 8 aromatic heterocycles. The van der Waals surface area contributed by atoms with Gasteiger partial charge in [-0.3, -0.25) is 64.3 Å². The third kappa shape index (κ3) is 21.2. The number of pyridine rings is 8. The van der Waals surface area contributed by atoms with E-state index in [-0.39, 0.29) is 24.0 Å². The molecule has 2 aliphatic rings. The summed E-state index contributed by atoms with van der Waals surface area (Å²) in [6.07, 6.45) is 15.9. The van der Waals surface area contributed by atoms with Crippen molar-refractivity contribution in [2.24, 2.45) is 0 Å². The van der Waals surface area contributed by atoms with Crippen LogP contribution in [0.1, 0.15) is 71.2 Å². The van der Waals surface area contributed by atoms with Crippen LogP contribution >= 0.6 is 11.8 Å². The molecule has 10 heterocycles. The van der Waals surface area contributed by atoms with Crippen LogP contribution in [-0.2, 0) is 57.2 Å². The summed E-state index contributed by atoms with van der Waals surface area (Å²) in [5.41, 5.74) is 14.5. The molecule has 0 radical (unpaired) electrons. The number of urea groups is 1. The van der Waals surface area contributed by atoms with E-state index in [0.29, 0.717) is 102 Å². The molecule has 0 aliphatic carbocycles. The van der Waals surface area contributed by atoms with Gasteiger partial charge in [0, 0.05) is 157 Å². The van der Waals surface area contributed by atoms with Crippen LogP contribution in [0.25, 0.3) is 0 Å². The fraction of sp³-hybridized carbons (Fsp3) is 0.344. The third-order valence-electron chi connectivity index (χ3n) is 14.3. The Kier molecular flexibility index (Phi) is 23.7. The number of rotatable bonds is 30. The molecule has 0 aromatic carbocycles. The highest BCUT2D eigenvalue weighted by Crippen LogP contribution is 2.33. The summed E-state index contributed by atoms with van der Waals surface area (Å²) < 4.78 is 0. The topological polar surface area (TPSA) is 253 Å². The van der Waals surface area contributed by atoms with Gasteiger partial charge >= 0.3 is 6.03 Å². The van der Waals surface area contributed by atoms with Crippen molar-refractivity contribution in [2.45, 2.75) is 108 Å². The van der Waals surface area contributed by atoms with Crippen molar-refractivity contribution in [3.8, 4) is 0 Å². The fourth-order valence-electron chi connectivity index (χ4n) is 10.6. The van der Waals surface area contributed by atoms with E-state index in [2.05, 4.69) is 75.4 Å². The van der Waals surface area contributed by atoms with E-state index < -0.39 is 12.2 Å². The van der Waals surface area contributed by atoms with Crippen LogP contribution in [0.3, 0.4) is 0 Å². The minimum Gasteiger partial charge on any atom is -0.399 e. The van der Waals surface area contributed by atoms with Gasteiger partial charge in [-0.25, -0.2) is 4.79 Å². The summed E-state index contributed by atoms with van der Waals surface area (Å²) in [4.78, 5) is 69.1. The van der Waals surface area contributed by atoms with Crippen molar-refractivity contribution >= 4 is 35.1 Å². The summed E-state index contributed by atoms with van der Waals surface area (Å²) in [6, 6.07) is 42.8. The van der Waals surface area contributed by atoms with Crippen molar-refractivity contribution in [3.63, 3.8) is 0 Å². The molecule has 7 N–H and O–H groups in total. The monoisotopic (exact) mass is 1160 g/mol. The van der Waals surface area contributed by atoms with Crippen molar-refractivity contribution in [1.29, 1.82) is 0 Å². The maximum absolute atomic E-state index is 12.8. The normalized spacial score (nSPS) is 16.1. The number of nitrogens with two attached hydrogens (primary N) is 1. The summed E-state index contributed by atoms with van der Waals surface area (Å²) in [5, 5.41) is 32.1. The molecule has 21 heteroatoms. The van der Waals surface area contributed by atoms with Gasteiger partial charge in [-0.15, -0.1) is 0 Å². The van der Waals surface area contributed by atoms with Crippen LogP contribution in [0.2, 0.25) is 0 Å². The largest absolute Gasteiger partial charge is 0.399 e. The third-order valence-corrected chi connectivity index (χ3v) is 15.8. The minimum absolute atomic E-state index is 0.0309. The first-order valence-electron chi connectivity index (χ1n) is 28.9. The maximum Gasteiger partial charge on any atom is 0.315 e. The quantitative estimate of drug-likeness (QED) is 0.0198. The van der Waals surface area contributed by atoms with Gasteiger partial charge in [-0.1, -0.05) is 42.8 Å². The van der Waals surface area contributed by atoms with E-state index in [1.54, 1.807) is 61.7 Å². The molecule has 20 nitrogen and oxygen atoms in total. The lowest BCUT2D eigenvalue weighted by atomic mass is 10.0. The van der Waals surface area contributed by atoms with Crippen molar-refractivity contribution in [1.82, 2.24) is 70.1 Å². The van der Waals surface area contributed by atoms with E-state index in [4.69, 9.17) is 5.73 Å². The van der Waals surface area contributed by atoms with Gasteiger partial charge in [-0.2, -0.15) is 11.8 Å². The van der Waals surface area contributed by atoms with Crippen LogP contribution in [0, 0.1) is 0 Å². The number of nitrogens with one attached hydrogen (secondary N) is 3. The molecule has 2 aliphatic heterocycles. The molecular formula is C64H76N16O4S. The highest BCUT2D eigenvalue weighted by atomic mass is 32.2. The van der Waals surface area contributed by atoms with Gasteiger partial charge in [0.25, 0.3) is 0 Å². The van der Waals surface area contributed by atoms with Gasteiger partial charge in [0.1, 0.15) is 0 Å². The first kappa shape index (κ1) is 61.4. The number of aliphatic hydroxyl groups excluding tert-OH is 2. The Morgan fingerprint density at radius 3 is 1.27 bits per heavy atom. The summed E-state index contributed by atoms with van der Waals surface area (Å²) in [6.45, 7) is 6.25. The van der Waals surface area contributed by atoms with Crippen LogP contribution < -0.4 is 21.7 Å². The number of aliphatic hydroxyl groups is 2. The molecule has 442 valence electrons. The Morgan fingerprint density at radius 2 is 0.882 bits per heavy atom. The summed E-state index contributed by atoms with van der Waals surface area (Å²) in [7, 11) is 0. The molecule has 0 saturated carbocycles. The Morgan fingerprint density at radius 1 is 0.506 bits per heavy atom. The van der Waals surface area contributed by atoms with E-state index in [1.807, 2.05) is 133 Å². The molecule has 0 spiro atoms. The number of thioether (sulfide) groups is 1. The number of fused-ring (bicyclic) bond motifs is 1. The molecule has 8 aromatic rings. The number of hydrogen-bond acceptors (Lipinski definition) is 18. The lowest BCUT2D eigenvalue weighted by molar-refractivity contribution is -0.116. The Bertz CT molecular complexity index is 3140. The van der Waals surface area contributed by atoms with E-state index in [1.165, 1.54) is 0 Å². The number of aromatic nitrogens is 8. The highest BCUT2D eigenvalue weighted by molar-refractivity contribution is 8.00. The number of unbranched alkanes of at least 4 members (excludes halogenated alkanes) is 1. The van der Waals surface area contributed by atoms with Crippen molar-refractivity contribution in [3.05, 3.63) is 229 Å². The zero-order chi connectivity index (χ0) is 58.8. The van der Waals surface area contributed by atoms with E-state index >= 15 is 0 Å². The number of carbonyl (C=O) groups is 2. The minimum atomic E-state index is -0.677. The Hall–Kier alpha value is -8.15. The predicted molar refractivity (Wildman–Crippen MR) is 329 cm³/mol. The van der Waals surface area contributed by atoms with Gasteiger partial charge in [-0.05, 0) is 110 Å². The second-order valence-electron chi connectivity index (χ2n) is 21.4. The van der Waals surface area contributed by atoms with Crippen LogP contribution in [0.5, 0.6) is 0 Å². The number of hydrogen-bond donors (Lipinski definition) is 6. The summed E-state index contributed by atoms with van der Waals surface area (Å²) in [5.74, 6) is 0.907. The van der Waals surface area contributed by atoms with Crippen molar-refractivity contribution < 1.29 is 19.8 Å².